The first-order valence-electron chi connectivity index (χ1n) is 6.91. The third-order valence-electron chi connectivity index (χ3n) is 3.42. The molecule has 1 aliphatic rings. The van der Waals surface area contributed by atoms with E-state index >= 15 is 0 Å². The van der Waals surface area contributed by atoms with Crippen molar-refractivity contribution in [2.24, 2.45) is 0 Å². The van der Waals surface area contributed by atoms with Crippen LogP contribution < -0.4 is 5.32 Å². The predicted molar refractivity (Wildman–Crippen MR) is 75.8 cm³/mol. The Bertz CT molecular complexity index is 432. The van der Waals surface area contributed by atoms with Crippen LogP contribution in [0.2, 0.25) is 0 Å². The van der Waals surface area contributed by atoms with Crippen LogP contribution in [0.5, 0.6) is 0 Å². The van der Waals surface area contributed by atoms with Crippen LogP contribution in [0.15, 0.2) is 30.3 Å². The van der Waals surface area contributed by atoms with E-state index in [-0.39, 0.29) is 5.97 Å². The zero-order chi connectivity index (χ0) is 14.4. The van der Waals surface area contributed by atoms with Crippen LogP contribution in [0.1, 0.15) is 19.4 Å². The van der Waals surface area contributed by atoms with Crippen molar-refractivity contribution < 1.29 is 14.3 Å². The van der Waals surface area contributed by atoms with Crippen LogP contribution >= 0.6 is 0 Å². The topological polar surface area (TPSA) is 50.8 Å². The molecule has 5 heteroatoms. The summed E-state index contributed by atoms with van der Waals surface area (Å²) >= 11 is 0. The second-order valence-corrected chi connectivity index (χ2v) is 5.02. The number of nitrogens with zero attached hydrogens (tertiary/aromatic N) is 1. The van der Waals surface area contributed by atoms with Gasteiger partial charge in [-0.25, -0.2) is 4.90 Å². The largest absolute Gasteiger partial charge is 0.430 e. The molecule has 1 saturated heterocycles. The van der Waals surface area contributed by atoms with Gasteiger partial charge in [0.25, 0.3) is 0 Å². The SMILES string of the molecule is CC(=O)OC(C)(NCc1ccccc1)N1CCOCC1. The number of rotatable bonds is 5. The Morgan fingerprint density at radius 1 is 1.35 bits per heavy atom. The van der Waals surface area contributed by atoms with Crippen molar-refractivity contribution in [3.63, 3.8) is 0 Å². The third kappa shape index (κ3) is 4.03. The highest BCUT2D eigenvalue weighted by Gasteiger charge is 2.35. The van der Waals surface area contributed by atoms with Crippen molar-refractivity contribution in [3.8, 4) is 0 Å². The molecular formula is C15H22N2O3. The molecule has 0 amide bonds. The van der Waals surface area contributed by atoms with Crippen molar-refractivity contribution in [2.45, 2.75) is 26.2 Å². The summed E-state index contributed by atoms with van der Waals surface area (Å²) in [5.74, 6) is -1.09. The maximum Gasteiger partial charge on any atom is 0.305 e. The monoisotopic (exact) mass is 278 g/mol. The highest BCUT2D eigenvalue weighted by molar-refractivity contribution is 5.66. The van der Waals surface area contributed by atoms with Crippen LogP contribution in [0, 0.1) is 0 Å². The molecule has 5 nitrogen and oxygen atoms in total. The van der Waals surface area contributed by atoms with E-state index in [1.165, 1.54) is 6.92 Å². The highest BCUT2D eigenvalue weighted by atomic mass is 16.6. The molecule has 0 saturated carbocycles. The molecule has 1 aromatic carbocycles. The summed E-state index contributed by atoms with van der Waals surface area (Å²) in [5, 5.41) is 3.34. The van der Waals surface area contributed by atoms with Crippen LogP contribution in [-0.2, 0) is 20.8 Å². The molecule has 0 spiro atoms. The Labute approximate surface area is 119 Å². The summed E-state index contributed by atoms with van der Waals surface area (Å²) in [6.45, 7) is 6.76. The van der Waals surface area contributed by atoms with Gasteiger partial charge in [-0.2, -0.15) is 0 Å². The van der Waals surface area contributed by atoms with Crippen molar-refractivity contribution in [3.05, 3.63) is 35.9 Å². The first-order valence-corrected chi connectivity index (χ1v) is 6.91. The number of ether oxygens (including phenoxy) is 2. The van der Waals surface area contributed by atoms with Crippen LogP contribution in [0.25, 0.3) is 0 Å². The van der Waals surface area contributed by atoms with Gasteiger partial charge in [0.05, 0.1) is 13.2 Å². The fraction of sp³-hybridized carbons (Fsp3) is 0.533. The lowest BCUT2D eigenvalue weighted by Crippen LogP contribution is -2.61. The van der Waals surface area contributed by atoms with Crippen molar-refractivity contribution in [2.75, 3.05) is 26.3 Å². The van der Waals surface area contributed by atoms with Gasteiger partial charge in [-0.05, 0) is 5.56 Å². The molecule has 110 valence electrons. The molecule has 1 aliphatic heterocycles. The maximum atomic E-state index is 11.4. The number of carbonyl (C=O) groups excluding carboxylic acids is 1. The van der Waals surface area contributed by atoms with Gasteiger partial charge in [0.1, 0.15) is 0 Å². The van der Waals surface area contributed by atoms with Crippen LogP contribution in [0.4, 0.5) is 0 Å². The van der Waals surface area contributed by atoms with E-state index in [2.05, 4.69) is 10.2 Å². The van der Waals surface area contributed by atoms with E-state index in [0.29, 0.717) is 19.8 Å². The van der Waals surface area contributed by atoms with E-state index in [0.717, 1.165) is 18.7 Å². The van der Waals surface area contributed by atoms with E-state index in [1.807, 2.05) is 37.3 Å². The molecule has 0 aromatic heterocycles. The van der Waals surface area contributed by atoms with Gasteiger partial charge in [0.2, 0.25) is 5.85 Å². The summed E-state index contributed by atoms with van der Waals surface area (Å²) < 4.78 is 10.9. The summed E-state index contributed by atoms with van der Waals surface area (Å²) in [4.78, 5) is 13.5. The summed E-state index contributed by atoms with van der Waals surface area (Å²) in [6.07, 6.45) is 0. The fourth-order valence-corrected chi connectivity index (χ4v) is 2.34. The molecule has 0 radical (unpaired) electrons. The zero-order valence-corrected chi connectivity index (χ0v) is 12.1. The molecule has 2 rings (SSSR count). The van der Waals surface area contributed by atoms with E-state index < -0.39 is 5.85 Å². The molecule has 1 heterocycles. The Hall–Kier alpha value is -1.43. The minimum Gasteiger partial charge on any atom is -0.430 e. The number of morpholine rings is 1. The lowest BCUT2D eigenvalue weighted by molar-refractivity contribution is -0.197. The number of carbonyl (C=O) groups is 1. The number of esters is 1. The van der Waals surface area contributed by atoms with Gasteiger partial charge in [-0.1, -0.05) is 30.3 Å². The maximum absolute atomic E-state index is 11.4. The van der Waals surface area contributed by atoms with Gasteiger partial charge in [-0.3, -0.25) is 10.1 Å². The van der Waals surface area contributed by atoms with Crippen LogP contribution in [0.3, 0.4) is 0 Å². The first kappa shape index (κ1) is 15.0. The molecule has 0 bridgehead atoms. The molecule has 1 unspecified atom stereocenters. The lowest BCUT2D eigenvalue weighted by Gasteiger charge is -2.42. The van der Waals surface area contributed by atoms with Crippen molar-refractivity contribution in [1.82, 2.24) is 10.2 Å². The third-order valence-corrected chi connectivity index (χ3v) is 3.42. The predicted octanol–water partition coefficient (Wildman–Crippen LogP) is 1.35. The van der Waals surface area contributed by atoms with Gasteiger partial charge in [-0.15, -0.1) is 0 Å². The number of benzene rings is 1. The average Bonchev–Trinajstić information content (AvgIpc) is 2.47. The van der Waals surface area contributed by atoms with E-state index in [4.69, 9.17) is 9.47 Å². The van der Waals surface area contributed by atoms with Gasteiger partial charge >= 0.3 is 5.97 Å². The summed E-state index contributed by atoms with van der Waals surface area (Å²) in [7, 11) is 0. The second kappa shape index (κ2) is 6.83. The normalized spacial score (nSPS) is 19.3. The summed E-state index contributed by atoms with van der Waals surface area (Å²) in [6, 6.07) is 10.1. The minimum atomic E-state index is -0.800. The fourth-order valence-electron chi connectivity index (χ4n) is 2.34. The quantitative estimate of drug-likeness (QED) is 0.651. The molecule has 1 atom stereocenters. The smallest absolute Gasteiger partial charge is 0.305 e. The standard InChI is InChI=1S/C15H22N2O3/c1-13(18)20-15(2,17-8-10-19-11-9-17)16-12-14-6-4-3-5-7-14/h3-7,16H,8-12H2,1-2H3. The highest BCUT2D eigenvalue weighted by Crippen LogP contribution is 2.17. The molecule has 1 aromatic rings. The Morgan fingerprint density at radius 3 is 2.60 bits per heavy atom. The molecule has 20 heavy (non-hydrogen) atoms. The van der Waals surface area contributed by atoms with Crippen molar-refractivity contribution in [1.29, 1.82) is 0 Å². The van der Waals surface area contributed by atoms with Gasteiger partial charge in [0, 0.05) is 33.5 Å². The lowest BCUT2D eigenvalue weighted by atomic mass is 10.2. The van der Waals surface area contributed by atoms with Crippen LogP contribution in [-0.4, -0.2) is 43.0 Å². The minimum absolute atomic E-state index is 0.292. The Morgan fingerprint density at radius 2 is 2.00 bits per heavy atom. The van der Waals surface area contributed by atoms with E-state index in [9.17, 15) is 4.79 Å². The Kier molecular flexibility index (Phi) is 5.11. The number of hydrogen-bond acceptors (Lipinski definition) is 5. The molecule has 1 N–H and O–H groups in total. The molecule has 0 aliphatic carbocycles. The Balaban J connectivity index is 2.03. The summed E-state index contributed by atoms with van der Waals surface area (Å²) in [5.41, 5.74) is 1.15. The van der Waals surface area contributed by atoms with Gasteiger partial charge < -0.3 is 9.47 Å². The molecular weight excluding hydrogens is 256 g/mol. The van der Waals surface area contributed by atoms with Gasteiger partial charge in [0.15, 0.2) is 0 Å². The number of nitrogens with one attached hydrogen (secondary N) is 1. The number of hydrogen-bond donors (Lipinski definition) is 1. The van der Waals surface area contributed by atoms with E-state index in [1.54, 1.807) is 0 Å². The van der Waals surface area contributed by atoms with Crippen molar-refractivity contribution >= 4 is 5.97 Å². The second-order valence-electron chi connectivity index (χ2n) is 5.02. The first-order chi connectivity index (χ1) is 9.60. The molecule has 1 fully saturated rings. The average molecular weight is 278 g/mol. The zero-order valence-electron chi connectivity index (χ0n) is 12.1.